The summed E-state index contributed by atoms with van der Waals surface area (Å²) in [7, 11) is -4.00. The van der Waals surface area contributed by atoms with E-state index >= 15 is 0 Å². The second kappa shape index (κ2) is 12.4. The van der Waals surface area contributed by atoms with Gasteiger partial charge in [-0.05, 0) is 86.3 Å². The number of fused-ring (bicyclic) bond motifs is 1. The van der Waals surface area contributed by atoms with Crippen LogP contribution in [0.3, 0.4) is 0 Å². The second-order valence-corrected chi connectivity index (χ2v) is 23.5. The van der Waals surface area contributed by atoms with Crippen molar-refractivity contribution in [2.75, 3.05) is 6.61 Å². The summed E-state index contributed by atoms with van der Waals surface area (Å²) < 4.78 is 19.3. The molecule has 0 aromatic heterocycles. The molecule has 0 aromatic rings. The minimum atomic E-state index is -2.09. The highest BCUT2D eigenvalue weighted by atomic mass is 28.4. The molecule has 1 N–H and O–H groups in total. The highest BCUT2D eigenvalue weighted by Gasteiger charge is 2.46. The Morgan fingerprint density at radius 3 is 2.14 bits per heavy atom. The maximum Gasteiger partial charge on any atom is 0.330 e. The topological polar surface area (TPSA) is 65.0 Å². The quantitative estimate of drug-likeness (QED) is 0.230. The Labute approximate surface area is 223 Å². The maximum atomic E-state index is 12.5. The van der Waals surface area contributed by atoms with Gasteiger partial charge in [-0.2, -0.15) is 0 Å². The molecule has 5 nitrogen and oxygen atoms in total. The van der Waals surface area contributed by atoms with E-state index in [1.807, 2.05) is 6.08 Å². The number of aliphatic hydroxyl groups is 1. The van der Waals surface area contributed by atoms with Gasteiger partial charge < -0.3 is 18.7 Å². The Morgan fingerprint density at radius 1 is 0.917 bits per heavy atom. The van der Waals surface area contributed by atoms with Crippen LogP contribution in [0.2, 0.25) is 36.3 Å². The summed E-state index contributed by atoms with van der Waals surface area (Å²) in [4.78, 5) is 12.5. The van der Waals surface area contributed by atoms with Crippen LogP contribution in [0.5, 0.6) is 0 Å². The molecular formula is C29H54O5Si2. The first-order chi connectivity index (χ1) is 16.4. The van der Waals surface area contributed by atoms with Gasteiger partial charge in [-0.15, -0.1) is 0 Å². The van der Waals surface area contributed by atoms with Crippen LogP contribution in [-0.2, 0) is 18.4 Å². The van der Waals surface area contributed by atoms with Gasteiger partial charge in [-0.3, -0.25) is 0 Å². The Hall–Kier alpha value is -0.736. The Morgan fingerprint density at radius 2 is 1.53 bits per heavy atom. The molecule has 1 fully saturated rings. The first-order valence-corrected chi connectivity index (χ1v) is 19.8. The molecule has 0 amide bonds. The molecule has 0 unspecified atom stereocenters. The molecule has 1 heterocycles. The van der Waals surface area contributed by atoms with E-state index < -0.39 is 22.7 Å². The third-order valence-electron chi connectivity index (χ3n) is 8.96. The van der Waals surface area contributed by atoms with Crippen molar-refractivity contribution in [2.45, 2.75) is 135 Å². The lowest BCUT2D eigenvalue weighted by Crippen LogP contribution is -2.46. The standard InChI is InChI=1S/C29H54O5Si2/c1-28(2,3)35(7,8)33-24-20-22-14-12-11-13-15-23(30)18-19-32-27(31)17-16-26(25(22)21-24)34-36(9,10)29(4,5)6/h12,14,16-17,22-26,30H,11,13,15,18-21H2,1-10H3/b14-12+,17-16+/t22-,23-,24+,25-,26-/m1/s1. The molecule has 0 aromatic carbocycles. The van der Waals surface area contributed by atoms with Crippen LogP contribution in [-0.4, -0.2) is 52.6 Å². The molecule has 1 aliphatic heterocycles. The number of hydrogen-bond acceptors (Lipinski definition) is 5. The fraction of sp³-hybridized carbons (Fsp3) is 0.828. The minimum Gasteiger partial charge on any atom is -0.462 e. The highest BCUT2D eigenvalue weighted by molar-refractivity contribution is 6.74. The number of carbonyl (C=O) groups excluding carboxylic acids is 1. The number of carbonyl (C=O) groups is 1. The lowest BCUT2D eigenvalue weighted by atomic mass is 9.89. The summed E-state index contributed by atoms with van der Waals surface area (Å²) in [6.45, 7) is 23.1. The number of allylic oxidation sites excluding steroid dienone is 2. The molecule has 208 valence electrons. The lowest BCUT2D eigenvalue weighted by Gasteiger charge is -2.41. The largest absolute Gasteiger partial charge is 0.462 e. The van der Waals surface area contributed by atoms with Crippen molar-refractivity contribution in [3.63, 3.8) is 0 Å². The summed E-state index contributed by atoms with van der Waals surface area (Å²) in [6.07, 6.45) is 12.7. The molecule has 0 radical (unpaired) electrons. The smallest absolute Gasteiger partial charge is 0.330 e. The Kier molecular flexibility index (Phi) is 10.9. The predicted octanol–water partition coefficient (Wildman–Crippen LogP) is 7.38. The van der Waals surface area contributed by atoms with Crippen LogP contribution < -0.4 is 0 Å². The van der Waals surface area contributed by atoms with E-state index in [-0.39, 0.29) is 40.8 Å². The number of rotatable bonds is 4. The van der Waals surface area contributed by atoms with E-state index in [0.717, 1.165) is 32.1 Å². The van der Waals surface area contributed by atoms with Crippen LogP contribution in [0.1, 0.15) is 80.1 Å². The average molecular weight is 539 g/mol. The van der Waals surface area contributed by atoms with Crippen LogP contribution in [0.15, 0.2) is 24.3 Å². The maximum absolute atomic E-state index is 12.5. The second-order valence-electron chi connectivity index (χ2n) is 14.0. The van der Waals surface area contributed by atoms with Crippen LogP contribution in [0.4, 0.5) is 0 Å². The van der Waals surface area contributed by atoms with E-state index in [1.54, 1.807) is 6.08 Å². The molecule has 2 rings (SSSR count). The molecule has 5 atom stereocenters. The SMILES string of the molecule is CC(C)(C)[Si](C)(C)O[C@@H]1C[C@@H]2[C@H](/C=C/CCC[C@@H](O)CCOC(=O)/C=C/[C@H]2O[Si](C)(C)C(C)(C)C)C1. The van der Waals surface area contributed by atoms with Gasteiger partial charge in [0.15, 0.2) is 16.6 Å². The zero-order valence-electron chi connectivity index (χ0n) is 24.7. The summed E-state index contributed by atoms with van der Waals surface area (Å²) in [5.41, 5.74) is 0. The van der Waals surface area contributed by atoms with Gasteiger partial charge in [0.1, 0.15) is 0 Å². The molecule has 7 heteroatoms. The van der Waals surface area contributed by atoms with Crippen LogP contribution in [0.25, 0.3) is 0 Å². The van der Waals surface area contributed by atoms with Crippen LogP contribution in [0, 0.1) is 11.8 Å². The first-order valence-electron chi connectivity index (χ1n) is 14.0. The molecule has 1 aliphatic carbocycles. The minimum absolute atomic E-state index is 0.0650. The zero-order valence-corrected chi connectivity index (χ0v) is 26.7. The zero-order chi connectivity index (χ0) is 27.4. The number of aliphatic hydroxyl groups excluding tert-OH is 1. The van der Waals surface area contributed by atoms with Crippen molar-refractivity contribution in [3.8, 4) is 0 Å². The van der Waals surface area contributed by atoms with Crippen LogP contribution >= 0.6 is 0 Å². The van der Waals surface area contributed by atoms with Crippen molar-refractivity contribution >= 4 is 22.6 Å². The summed E-state index contributed by atoms with van der Waals surface area (Å²) >= 11 is 0. The first kappa shape index (κ1) is 31.5. The van der Waals surface area contributed by atoms with Gasteiger partial charge in [-0.25, -0.2) is 4.79 Å². The average Bonchev–Trinajstić information content (AvgIpc) is 3.10. The lowest BCUT2D eigenvalue weighted by molar-refractivity contribution is -0.138. The van der Waals surface area contributed by atoms with Gasteiger partial charge in [0.25, 0.3) is 0 Å². The van der Waals surface area contributed by atoms with Crippen molar-refractivity contribution in [3.05, 3.63) is 24.3 Å². The third-order valence-corrected chi connectivity index (χ3v) is 18.0. The molecule has 0 spiro atoms. The van der Waals surface area contributed by atoms with E-state index in [1.165, 1.54) is 0 Å². The molecule has 36 heavy (non-hydrogen) atoms. The fourth-order valence-corrected chi connectivity index (χ4v) is 7.20. The highest BCUT2D eigenvalue weighted by Crippen LogP contribution is 2.46. The van der Waals surface area contributed by atoms with Crippen molar-refractivity contribution in [1.82, 2.24) is 0 Å². The number of ether oxygens (including phenoxy) is 1. The Bertz CT molecular complexity index is 776. The van der Waals surface area contributed by atoms with Gasteiger partial charge in [0, 0.05) is 18.6 Å². The summed E-state index contributed by atoms with van der Waals surface area (Å²) in [5, 5.41) is 10.4. The van der Waals surface area contributed by atoms with E-state index in [9.17, 15) is 9.90 Å². The third kappa shape index (κ3) is 8.93. The van der Waals surface area contributed by atoms with Gasteiger partial charge >= 0.3 is 5.97 Å². The van der Waals surface area contributed by atoms with E-state index in [0.29, 0.717) is 12.3 Å². The fourth-order valence-electron chi connectivity index (χ4n) is 4.53. The number of esters is 1. The number of hydrogen-bond donors (Lipinski definition) is 1. The van der Waals surface area contributed by atoms with Gasteiger partial charge in [-0.1, -0.05) is 53.7 Å². The monoisotopic (exact) mass is 538 g/mol. The van der Waals surface area contributed by atoms with Crippen molar-refractivity contribution in [2.24, 2.45) is 11.8 Å². The normalized spacial score (nSPS) is 31.6. The van der Waals surface area contributed by atoms with Gasteiger partial charge in [0.2, 0.25) is 0 Å². The molecule has 0 saturated heterocycles. The Balaban J connectivity index is 2.39. The summed E-state index contributed by atoms with van der Waals surface area (Å²) in [5.74, 6) is 0.204. The molecule has 1 saturated carbocycles. The van der Waals surface area contributed by atoms with E-state index in [4.69, 9.17) is 13.6 Å². The van der Waals surface area contributed by atoms with Crippen molar-refractivity contribution < 1.29 is 23.5 Å². The summed E-state index contributed by atoms with van der Waals surface area (Å²) in [6, 6.07) is 0. The number of cyclic esters (lactones) is 1. The van der Waals surface area contributed by atoms with Crippen molar-refractivity contribution in [1.29, 1.82) is 0 Å². The van der Waals surface area contributed by atoms with E-state index in [2.05, 4.69) is 79.9 Å². The molecule has 0 bridgehead atoms. The van der Waals surface area contributed by atoms with Gasteiger partial charge in [0.05, 0.1) is 18.8 Å². The predicted molar refractivity (Wildman–Crippen MR) is 154 cm³/mol. The molecule has 2 aliphatic rings. The molecular weight excluding hydrogens is 484 g/mol.